The summed E-state index contributed by atoms with van der Waals surface area (Å²) in [7, 11) is 1.55. The Bertz CT molecular complexity index is 1030. The monoisotopic (exact) mass is 427 g/mol. The lowest BCUT2D eigenvalue weighted by Crippen LogP contribution is -2.35. The fourth-order valence-electron chi connectivity index (χ4n) is 2.57. The summed E-state index contributed by atoms with van der Waals surface area (Å²) in [5, 5.41) is 3.75. The Balaban J connectivity index is 1.86. The molecule has 148 valence electrons. The number of benzene rings is 1. The van der Waals surface area contributed by atoms with Crippen LogP contribution in [0.2, 0.25) is 5.02 Å². The molecule has 0 radical (unpaired) electrons. The largest absolute Gasteiger partial charge is 0.366 e. The first-order valence-corrected chi connectivity index (χ1v) is 9.96. The Kier molecular flexibility index (Phi) is 6.69. The zero-order valence-corrected chi connectivity index (χ0v) is 17.1. The van der Waals surface area contributed by atoms with E-state index in [9.17, 15) is 9.59 Å². The Labute approximate surface area is 177 Å². The number of aromatic nitrogens is 2. The van der Waals surface area contributed by atoms with E-state index in [2.05, 4.69) is 15.3 Å². The molecule has 2 heterocycles. The SMILES string of the molecule is CNC(=O)N(c1ccc(Cl)cc1)c1cc(CSc2ncccc2C(N)=O)ccn1. The Morgan fingerprint density at radius 1 is 1.14 bits per heavy atom. The number of pyridine rings is 2. The van der Waals surface area contributed by atoms with Crippen LogP contribution in [-0.2, 0) is 5.75 Å². The predicted molar refractivity (Wildman–Crippen MR) is 115 cm³/mol. The highest BCUT2D eigenvalue weighted by atomic mass is 35.5. The molecule has 3 amide bonds. The summed E-state index contributed by atoms with van der Waals surface area (Å²) in [6.07, 6.45) is 3.24. The average Bonchev–Trinajstić information content (AvgIpc) is 2.74. The molecule has 29 heavy (non-hydrogen) atoms. The summed E-state index contributed by atoms with van der Waals surface area (Å²) in [6.45, 7) is 0. The van der Waals surface area contributed by atoms with Crippen molar-refractivity contribution in [3.63, 3.8) is 0 Å². The second-order valence-corrected chi connectivity index (χ2v) is 7.30. The Morgan fingerprint density at radius 3 is 2.59 bits per heavy atom. The molecule has 3 aromatic rings. The summed E-state index contributed by atoms with van der Waals surface area (Å²) in [6, 6.07) is 13.5. The topological polar surface area (TPSA) is 101 Å². The smallest absolute Gasteiger partial charge is 0.327 e. The van der Waals surface area contributed by atoms with Crippen LogP contribution >= 0.6 is 23.4 Å². The van der Waals surface area contributed by atoms with Crippen molar-refractivity contribution >= 4 is 46.8 Å². The van der Waals surface area contributed by atoms with Crippen LogP contribution in [0.15, 0.2) is 66.0 Å². The highest BCUT2D eigenvalue weighted by molar-refractivity contribution is 7.98. The van der Waals surface area contributed by atoms with Gasteiger partial charge in [0.1, 0.15) is 10.8 Å². The second kappa shape index (κ2) is 9.40. The number of nitrogens with one attached hydrogen (secondary N) is 1. The van der Waals surface area contributed by atoms with Gasteiger partial charge >= 0.3 is 6.03 Å². The Morgan fingerprint density at radius 2 is 1.90 bits per heavy atom. The molecule has 0 fully saturated rings. The summed E-state index contributed by atoms with van der Waals surface area (Å²) in [4.78, 5) is 34.1. The zero-order valence-electron chi connectivity index (χ0n) is 15.5. The minimum Gasteiger partial charge on any atom is -0.366 e. The minimum atomic E-state index is -0.524. The molecule has 0 aliphatic heterocycles. The van der Waals surface area contributed by atoms with Crippen LogP contribution in [-0.4, -0.2) is 29.0 Å². The van der Waals surface area contributed by atoms with Gasteiger partial charge in [-0.3, -0.25) is 4.79 Å². The van der Waals surface area contributed by atoms with E-state index in [0.717, 1.165) is 5.56 Å². The highest BCUT2D eigenvalue weighted by Crippen LogP contribution is 2.28. The Hall–Kier alpha value is -3.10. The number of amides is 3. The van der Waals surface area contributed by atoms with Gasteiger partial charge in [-0.2, -0.15) is 0 Å². The van der Waals surface area contributed by atoms with Crippen LogP contribution in [0.1, 0.15) is 15.9 Å². The maximum atomic E-state index is 12.5. The van der Waals surface area contributed by atoms with Gasteiger partial charge in [-0.1, -0.05) is 11.6 Å². The summed E-state index contributed by atoms with van der Waals surface area (Å²) in [5.74, 6) is 0.458. The molecule has 0 aliphatic carbocycles. The van der Waals surface area contributed by atoms with E-state index >= 15 is 0 Å². The molecular formula is C20H18ClN5O2S. The number of carbonyl (C=O) groups is 2. The third-order valence-electron chi connectivity index (χ3n) is 3.95. The van der Waals surface area contributed by atoms with Crippen LogP contribution in [0.4, 0.5) is 16.3 Å². The van der Waals surface area contributed by atoms with Crippen molar-refractivity contribution in [2.45, 2.75) is 10.8 Å². The third kappa shape index (κ3) is 5.04. The van der Waals surface area contributed by atoms with Crippen LogP contribution in [0.3, 0.4) is 0 Å². The second-order valence-electron chi connectivity index (χ2n) is 5.90. The number of thioether (sulfide) groups is 1. The predicted octanol–water partition coefficient (Wildman–Crippen LogP) is 4.00. The normalized spacial score (nSPS) is 10.4. The van der Waals surface area contributed by atoms with Crippen LogP contribution < -0.4 is 16.0 Å². The molecular weight excluding hydrogens is 410 g/mol. The quantitative estimate of drug-likeness (QED) is 0.579. The first kappa shape index (κ1) is 20.6. The van der Waals surface area contributed by atoms with Gasteiger partial charge in [-0.05, 0) is 54.1 Å². The number of primary amides is 1. The zero-order chi connectivity index (χ0) is 20.8. The first-order chi connectivity index (χ1) is 14.0. The number of halogens is 1. The van der Waals surface area contributed by atoms with E-state index in [0.29, 0.717) is 32.9 Å². The lowest BCUT2D eigenvalue weighted by atomic mass is 10.2. The fraction of sp³-hybridized carbons (Fsp3) is 0.100. The molecule has 3 rings (SSSR count). The number of nitrogens with two attached hydrogens (primary N) is 1. The number of carbonyl (C=O) groups excluding carboxylic acids is 2. The van der Waals surface area contributed by atoms with Gasteiger partial charge < -0.3 is 11.1 Å². The van der Waals surface area contributed by atoms with Gasteiger partial charge in [-0.15, -0.1) is 11.8 Å². The van der Waals surface area contributed by atoms with E-state index < -0.39 is 5.91 Å². The first-order valence-electron chi connectivity index (χ1n) is 8.59. The number of hydrogen-bond acceptors (Lipinski definition) is 5. The van der Waals surface area contributed by atoms with Gasteiger partial charge in [0, 0.05) is 30.2 Å². The van der Waals surface area contributed by atoms with Crippen molar-refractivity contribution < 1.29 is 9.59 Å². The van der Waals surface area contributed by atoms with Gasteiger partial charge in [0.25, 0.3) is 5.91 Å². The summed E-state index contributed by atoms with van der Waals surface area (Å²) in [5.41, 5.74) is 7.32. The molecule has 9 heteroatoms. The van der Waals surface area contributed by atoms with Gasteiger partial charge in [0.05, 0.1) is 11.3 Å². The molecule has 0 bridgehead atoms. The van der Waals surface area contributed by atoms with Crippen molar-refractivity contribution in [2.75, 3.05) is 11.9 Å². The molecule has 2 aromatic heterocycles. The third-order valence-corrected chi connectivity index (χ3v) is 5.28. The van der Waals surface area contributed by atoms with Crippen molar-refractivity contribution in [2.24, 2.45) is 5.73 Å². The van der Waals surface area contributed by atoms with Crippen LogP contribution in [0.25, 0.3) is 0 Å². The van der Waals surface area contributed by atoms with Crippen molar-refractivity contribution in [1.82, 2.24) is 15.3 Å². The summed E-state index contributed by atoms with van der Waals surface area (Å²) >= 11 is 7.34. The molecule has 0 spiro atoms. The van der Waals surface area contributed by atoms with E-state index in [4.69, 9.17) is 17.3 Å². The van der Waals surface area contributed by atoms with E-state index in [-0.39, 0.29) is 6.03 Å². The van der Waals surface area contributed by atoms with E-state index in [1.807, 2.05) is 12.1 Å². The van der Waals surface area contributed by atoms with Crippen LogP contribution in [0, 0.1) is 0 Å². The van der Waals surface area contributed by atoms with Crippen molar-refractivity contribution in [3.05, 3.63) is 77.1 Å². The molecule has 0 saturated carbocycles. The van der Waals surface area contributed by atoms with Gasteiger partial charge in [-0.25, -0.2) is 19.7 Å². The molecule has 0 atom stereocenters. The van der Waals surface area contributed by atoms with E-state index in [1.54, 1.807) is 55.8 Å². The highest BCUT2D eigenvalue weighted by Gasteiger charge is 2.18. The minimum absolute atomic E-state index is 0.328. The summed E-state index contributed by atoms with van der Waals surface area (Å²) < 4.78 is 0. The van der Waals surface area contributed by atoms with Gasteiger partial charge in [0.2, 0.25) is 0 Å². The maximum Gasteiger partial charge on any atom is 0.327 e. The fourth-order valence-corrected chi connectivity index (χ4v) is 3.64. The average molecular weight is 428 g/mol. The van der Waals surface area contributed by atoms with Gasteiger partial charge in [0.15, 0.2) is 0 Å². The molecule has 0 aliphatic rings. The van der Waals surface area contributed by atoms with E-state index in [1.165, 1.54) is 16.7 Å². The molecule has 3 N–H and O–H groups in total. The molecule has 0 saturated heterocycles. The lowest BCUT2D eigenvalue weighted by molar-refractivity contribution is 0.0997. The maximum absolute atomic E-state index is 12.5. The number of hydrogen-bond donors (Lipinski definition) is 2. The molecule has 0 unspecified atom stereocenters. The number of nitrogens with zero attached hydrogens (tertiary/aromatic N) is 3. The number of anilines is 2. The van der Waals surface area contributed by atoms with Crippen LogP contribution in [0.5, 0.6) is 0 Å². The lowest BCUT2D eigenvalue weighted by Gasteiger charge is -2.22. The van der Waals surface area contributed by atoms with Crippen molar-refractivity contribution in [3.8, 4) is 0 Å². The number of rotatable bonds is 6. The van der Waals surface area contributed by atoms with Crippen molar-refractivity contribution in [1.29, 1.82) is 0 Å². The molecule has 7 nitrogen and oxygen atoms in total. The standard InChI is InChI=1S/C20H18ClN5O2S/c1-23-20(28)26(15-6-4-14(21)5-7-15)17-11-13(8-10-24-17)12-29-19-16(18(22)27)3-2-9-25-19/h2-11H,12H2,1H3,(H2,22,27)(H,23,28). The molecule has 1 aromatic carbocycles. The number of urea groups is 1.